The van der Waals surface area contributed by atoms with Gasteiger partial charge in [0.05, 0.1) is 23.9 Å². The van der Waals surface area contributed by atoms with Crippen LogP contribution in [0.4, 0.5) is 0 Å². The molecule has 1 aliphatic rings. The molecule has 1 saturated carbocycles. The summed E-state index contributed by atoms with van der Waals surface area (Å²) in [6.07, 6.45) is 4.56. The van der Waals surface area contributed by atoms with Gasteiger partial charge in [-0.3, -0.25) is 4.79 Å². The van der Waals surface area contributed by atoms with Crippen molar-refractivity contribution in [2.24, 2.45) is 5.92 Å². The Labute approximate surface area is 94.8 Å². The molecule has 4 heteroatoms. The number of ether oxygens (including phenoxy) is 1. The van der Waals surface area contributed by atoms with Crippen LogP contribution in [0, 0.1) is 17.2 Å². The zero-order chi connectivity index (χ0) is 12.1. The second-order valence-corrected chi connectivity index (χ2v) is 3.99. The molecule has 0 radical (unpaired) electrons. The summed E-state index contributed by atoms with van der Waals surface area (Å²) in [5, 5.41) is 17.2. The summed E-state index contributed by atoms with van der Waals surface area (Å²) in [6.45, 7) is 3.52. The Kier molecular flexibility index (Phi) is 4.12. The zero-order valence-corrected chi connectivity index (χ0v) is 9.43. The summed E-state index contributed by atoms with van der Waals surface area (Å²) >= 11 is 0. The SMILES string of the molecule is CC(C#N)=CC=C(C)OC1CC(C(=O)O)C1. The number of aliphatic carboxylic acids is 1. The van der Waals surface area contributed by atoms with E-state index in [0.717, 1.165) is 0 Å². The van der Waals surface area contributed by atoms with Gasteiger partial charge in [0.1, 0.15) is 0 Å². The van der Waals surface area contributed by atoms with Gasteiger partial charge in [0.15, 0.2) is 0 Å². The van der Waals surface area contributed by atoms with Gasteiger partial charge in [-0.25, -0.2) is 0 Å². The van der Waals surface area contributed by atoms with Crippen LogP contribution < -0.4 is 0 Å². The highest BCUT2D eigenvalue weighted by atomic mass is 16.5. The van der Waals surface area contributed by atoms with Crippen LogP contribution in [-0.2, 0) is 9.53 Å². The molecule has 0 heterocycles. The standard InChI is InChI=1S/C12H15NO3/c1-8(7-13)3-4-9(2)16-11-5-10(6-11)12(14)15/h3-4,10-11H,5-6H2,1-2H3,(H,14,15). The molecule has 0 spiro atoms. The molecule has 0 aromatic heterocycles. The van der Waals surface area contributed by atoms with Crippen molar-refractivity contribution < 1.29 is 14.6 Å². The Morgan fingerprint density at radius 2 is 2.06 bits per heavy atom. The first-order valence-electron chi connectivity index (χ1n) is 5.17. The molecule has 0 aliphatic heterocycles. The Balaban J connectivity index is 2.35. The maximum Gasteiger partial charge on any atom is 0.306 e. The van der Waals surface area contributed by atoms with E-state index < -0.39 is 5.97 Å². The van der Waals surface area contributed by atoms with E-state index in [-0.39, 0.29) is 12.0 Å². The highest BCUT2D eigenvalue weighted by molar-refractivity contribution is 5.71. The summed E-state index contributed by atoms with van der Waals surface area (Å²) in [7, 11) is 0. The molecular formula is C12H15NO3. The van der Waals surface area contributed by atoms with Gasteiger partial charge in [-0.15, -0.1) is 0 Å². The van der Waals surface area contributed by atoms with E-state index in [9.17, 15) is 4.79 Å². The van der Waals surface area contributed by atoms with Gasteiger partial charge in [-0.1, -0.05) is 0 Å². The Hall–Kier alpha value is -1.76. The molecule has 0 aromatic rings. The van der Waals surface area contributed by atoms with Crippen molar-refractivity contribution >= 4 is 5.97 Å². The molecule has 1 aliphatic carbocycles. The van der Waals surface area contributed by atoms with E-state index in [1.165, 1.54) is 0 Å². The number of nitrogens with zero attached hydrogens (tertiary/aromatic N) is 1. The number of hydrogen-bond acceptors (Lipinski definition) is 3. The van der Waals surface area contributed by atoms with Crippen molar-refractivity contribution in [3.05, 3.63) is 23.5 Å². The topological polar surface area (TPSA) is 70.3 Å². The third-order valence-corrected chi connectivity index (χ3v) is 2.54. The number of allylic oxidation sites excluding steroid dienone is 4. The van der Waals surface area contributed by atoms with Gasteiger partial charge >= 0.3 is 5.97 Å². The summed E-state index contributed by atoms with van der Waals surface area (Å²) < 4.78 is 5.51. The maximum atomic E-state index is 10.6. The lowest BCUT2D eigenvalue weighted by molar-refractivity contribution is -0.149. The molecule has 1 N–H and O–H groups in total. The predicted octanol–water partition coefficient (Wildman–Crippen LogP) is 2.24. The number of carboxylic acids is 1. The molecule has 86 valence electrons. The minimum absolute atomic E-state index is 0.00754. The van der Waals surface area contributed by atoms with E-state index >= 15 is 0 Å². The van der Waals surface area contributed by atoms with Gasteiger partial charge < -0.3 is 9.84 Å². The van der Waals surface area contributed by atoms with Crippen molar-refractivity contribution in [2.45, 2.75) is 32.8 Å². The van der Waals surface area contributed by atoms with Gasteiger partial charge in [-0.2, -0.15) is 5.26 Å². The van der Waals surface area contributed by atoms with Crippen LogP contribution in [0.25, 0.3) is 0 Å². The van der Waals surface area contributed by atoms with Crippen molar-refractivity contribution in [1.82, 2.24) is 0 Å². The highest BCUT2D eigenvalue weighted by Gasteiger charge is 2.35. The van der Waals surface area contributed by atoms with E-state index in [1.807, 2.05) is 6.07 Å². The van der Waals surface area contributed by atoms with Crippen LogP contribution in [-0.4, -0.2) is 17.2 Å². The molecule has 0 amide bonds. The fourth-order valence-electron chi connectivity index (χ4n) is 1.45. The van der Waals surface area contributed by atoms with Crippen LogP contribution in [0.1, 0.15) is 26.7 Å². The molecule has 0 aromatic carbocycles. The third kappa shape index (κ3) is 3.43. The summed E-state index contributed by atoms with van der Waals surface area (Å²) in [5.74, 6) is -0.292. The molecule has 4 nitrogen and oxygen atoms in total. The molecular weight excluding hydrogens is 206 g/mol. The van der Waals surface area contributed by atoms with E-state index in [1.54, 1.807) is 26.0 Å². The fraction of sp³-hybridized carbons (Fsp3) is 0.500. The molecule has 0 bridgehead atoms. The van der Waals surface area contributed by atoms with Gasteiger partial charge in [0.2, 0.25) is 0 Å². The number of carboxylic acid groups (broad SMARTS) is 1. The van der Waals surface area contributed by atoms with Crippen molar-refractivity contribution in [1.29, 1.82) is 5.26 Å². The molecule has 1 rings (SSSR count). The van der Waals surface area contributed by atoms with Crippen LogP contribution >= 0.6 is 0 Å². The van der Waals surface area contributed by atoms with Gasteiger partial charge in [0, 0.05) is 5.57 Å². The van der Waals surface area contributed by atoms with Crippen molar-refractivity contribution in [2.75, 3.05) is 0 Å². The second-order valence-electron chi connectivity index (χ2n) is 3.99. The number of rotatable bonds is 4. The first-order chi connectivity index (χ1) is 7.52. The lowest BCUT2D eigenvalue weighted by Gasteiger charge is -2.32. The lowest BCUT2D eigenvalue weighted by Crippen LogP contribution is -2.35. The monoisotopic (exact) mass is 221 g/mol. The van der Waals surface area contributed by atoms with Gasteiger partial charge in [-0.05, 0) is 38.8 Å². The summed E-state index contributed by atoms with van der Waals surface area (Å²) in [4.78, 5) is 10.6. The van der Waals surface area contributed by atoms with Crippen LogP contribution in [0.2, 0.25) is 0 Å². The van der Waals surface area contributed by atoms with Crippen molar-refractivity contribution in [3.8, 4) is 6.07 Å². The fourth-order valence-corrected chi connectivity index (χ4v) is 1.45. The molecule has 16 heavy (non-hydrogen) atoms. The quantitative estimate of drug-likeness (QED) is 0.449. The Bertz CT molecular complexity index is 370. The molecule has 0 atom stereocenters. The zero-order valence-electron chi connectivity index (χ0n) is 9.43. The first-order valence-corrected chi connectivity index (χ1v) is 5.17. The Morgan fingerprint density at radius 1 is 1.44 bits per heavy atom. The largest absolute Gasteiger partial charge is 0.495 e. The molecule has 0 unspecified atom stereocenters. The molecule has 0 saturated heterocycles. The number of carbonyl (C=O) groups is 1. The maximum absolute atomic E-state index is 10.6. The summed E-state index contributed by atoms with van der Waals surface area (Å²) in [5.41, 5.74) is 0.611. The minimum Gasteiger partial charge on any atom is -0.495 e. The van der Waals surface area contributed by atoms with Gasteiger partial charge in [0.25, 0.3) is 0 Å². The van der Waals surface area contributed by atoms with E-state index in [0.29, 0.717) is 24.2 Å². The Morgan fingerprint density at radius 3 is 2.56 bits per heavy atom. The van der Waals surface area contributed by atoms with Crippen molar-refractivity contribution in [3.63, 3.8) is 0 Å². The smallest absolute Gasteiger partial charge is 0.306 e. The second kappa shape index (κ2) is 5.36. The molecule has 1 fully saturated rings. The van der Waals surface area contributed by atoms with E-state index in [4.69, 9.17) is 15.1 Å². The average molecular weight is 221 g/mol. The first kappa shape index (κ1) is 12.3. The predicted molar refractivity (Wildman–Crippen MR) is 58.4 cm³/mol. The third-order valence-electron chi connectivity index (χ3n) is 2.54. The minimum atomic E-state index is -0.748. The van der Waals surface area contributed by atoms with E-state index in [2.05, 4.69) is 0 Å². The lowest BCUT2D eigenvalue weighted by atomic mass is 9.82. The average Bonchev–Trinajstić information content (AvgIpc) is 2.18. The van der Waals surface area contributed by atoms with Crippen LogP contribution in [0.3, 0.4) is 0 Å². The summed E-state index contributed by atoms with van der Waals surface area (Å²) in [6, 6.07) is 2.01. The number of nitriles is 1. The number of hydrogen-bond donors (Lipinski definition) is 1. The highest BCUT2D eigenvalue weighted by Crippen LogP contribution is 2.31. The van der Waals surface area contributed by atoms with Crippen LogP contribution in [0.15, 0.2) is 23.5 Å². The van der Waals surface area contributed by atoms with Crippen LogP contribution in [0.5, 0.6) is 0 Å². The normalized spacial score (nSPS) is 25.6.